The number of hydrazone groups is 1. The van der Waals surface area contributed by atoms with Crippen LogP contribution in [-0.4, -0.2) is 56.5 Å². The zero-order chi connectivity index (χ0) is 21.3. The first kappa shape index (κ1) is 21.8. The van der Waals surface area contributed by atoms with E-state index in [4.69, 9.17) is 14.2 Å². The fraction of sp³-hybridized carbons (Fsp3) is 0.391. The summed E-state index contributed by atoms with van der Waals surface area (Å²) in [5.41, 5.74) is 5.09. The molecule has 0 radical (unpaired) electrons. The molecule has 7 heteroatoms. The monoisotopic (exact) mass is 411 g/mol. The van der Waals surface area contributed by atoms with Gasteiger partial charge >= 0.3 is 0 Å². The van der Waals surface area contributed by atoms with Crippen molar-refractivity contribution in [3.63, 3.8) is 0 Å². The molecule has 0 aromatic heterocycles. The van der Waals surface area contributed by atoms with E-state index in [1.807, 2.05) is 32.0 Å². The molecule has 1 heterocycles. The molecular weight excluding hydrogens is 382 g/mol. The number of carbonyl (C=O) groups is 1. The lowest BCUT2D eigenvalue weighted by Gasteiger charge is -2.34. The highest BCUT2D eigenvalue weighted by Gasteiger charge is 2.25. The molecule has 1 atom stereocenters. The Morgan fingerprint density at radius 2 is 1.90 bits per heavy atom. The Morgan fingerprint density at radius 1 is 1.17 bits per heavy atom. The zero-order valence-electron chi connectivity index (χ0n) is 17.8. The number of nitrogens with zero attached hydrogens (tertiary/aromatic N) is 2. The van der Waals surface area contributed by atoms with E-state index < -0.39 is 0 Å². The predicted molar refractivity (Wildman–Crippen MR) is 116 cm³/mol. The van der Waals surface area contributed by atoms with E-state index in [1.165, 1.54) is 0 Å². The van der Waals surface area contributed by atoms with Gasteiger partial charge in [-0.3, -0.25) is 9.69 Å². The van der Waals surface area contributed by atoms with Crippen molar-refractivity contribution in [3.05, 3.63) is 59.7 Å². The molecule has 7 nitrogen and oxygen atoms in total. The van der Waals surface area contributed by atoms with E-state index in [-0.39, 0.29) is 11.9 Å². The quantitative estimate of drug-likeness (QED) is 0.533. The van der Waals surface area contributed by atoms with Gasteiger partial charge < -0.3 is 14.2 Å². The fourth-order valence-corrected chi connectivity index (χ4v) is 3.54. The van der Waals surface area contributed by atoms with Crippen LogP contribution in [0.25, 0.3) is 0 Å². The molecule has 3 rings (SSSR count). The second kappa shape index (κ2) is 10.8. The van der Waals surface area contributed by atoms with Gasteiger partial charge in [-0.2, -0.15) is 5.10 Å². The van der Waals surface area contributed by atoms with Crippen molar-refractivity contribution in [1.29, 1.82) is 0 Å². The summed E-state index contributed by atoms with van der Waals surface area (Å²) in [5, 5.41) is 4.43. The van der Waals surface area contributed by atoms with Crippen LogP contribution < -0.4 is 14.9 Å². The minimum Gasteiger partial charge on any atom is -0.493 e. The lowest BCUT2D eigenvalue weighted by atomic mass is 10.0. The van der Waals surface area contributed by atoms with Gasteiger partial charge in [0.25, 0.3) is 5.91 Å². The molecule has 30 heavy (non-hydrogen) atoms. The molecule has 0 spiro atoms. The zero-order valence-corrected chi connectivity index (χ0v) is 17.8. The topological polar surface area (TPSA) is 72.4 Å². The molecule has 0 aliphatic carbocycles. The standard InChI is InChI=1S/C23H29N3O4/c1-4-30-20-11-10-19(16-21(20)28-3)23(27)25-24-17(2)22(18-8-6-5-7-9-18)26-12-14-29-15-13-26/h5-11,16,22H,4,12-15H2,1-3H3,(H,25,27)/b24-17-/t22-/m1/s1. The molecule has 0 bridgehead atoms. The number of amides is 1. The number of carbonyl (C=O) groups excluding carboxylic acids is 1. The molecular formula is C23H29N3O4. The van der Waals surface area contributed by atoms with Gasteiger partial charge in [-0.1, -0.05) is 30.3 Å². The average molecular weight is 412 g/mol. The Morgan fingerprint density at radius 3 is 2.57 bits per heavy atom. The van der Waals surface area contributed by atoms with Crippen molar-refractivity contribution in [2.45, 2.75) is 19.9 Å². The third-order valence-electron chi connectivity index (χ3n) is 4.98. The molecule has 2 aromatic carbocycles. The van der Waals surface area contributed by atoms with E-state index in [0.29, 0.717) is 36.9 Å². The highest BCUT2D eigenvalue weighted by molar-refractivity contribution is 5.96. The minimum absolute atomic E-state index is 0.0229. The Hall–Kier alpha value is -2.90. The highest BCUT2D eigenvalue weighted by atomic mass is 16.5. The van der Waals surface area contributed by atoms with E-state index >= 15 is 0 Å². The van der Waals surface area contributed by atoms with Crippen molar-refractivity contribution in [3.8, 4) is 11.5 Å². The van der Waals surface area contributed by atoms with E-state index in [0.717, 1.165) is 24.4 Å². The fourth-order valence-electron chi connectivity index (χ4n) is 3.54. The Kier molecular flexibility index (Phi) is 7.82. The van der Waals surface area contributed by atoms with E-state index in [1.54, 1.807) is 25.3 Å². The number of ether oxygens (including phenoxy) is 3. The van der Waals surface area contributed by atoms with Crippen molar-refractivity contribution in [1.82, 2.24) is 10.3 Å². The van der Waals surface area contributed by atoms with Gasteiger partial charge in [0.05, 0.1) is 38.7 Å². The maximum Gasteiger partial charge on any atom is 0.271 e. The third-order valence-corrected chi connectivity index (χ3v) is 4.98. The first-order valence-corrected chi connectivity index (χ1v) is 10.2. The molecule has 1 N–H and O–H groups in total. The number of rotatable bonds is 8. The van der Waals surface area contributed by atoms with Crippen molar-refractivity contribution in [2.24, 2.45) is 5.10 Å². The molecule has 1 aliphatic heterocycles. The average Bonchev–Trinajstić information content (AvgIpc) is 2.79. The van der Waals surface area contributed by atoms with Gasteiger partial charge in [0.1, 0.15) is 0 Å². The number of nitrogens with one attached hydrogen (secondary N) is 1. The summed E-state index contributed by atoms with van der Waals surface area (Å²) in [6, 6.07) is 15.2. The van der Waals surface area contributed by atoms with Crippen molar-refractivity contribution < 1.29 is 19.0 Å². The van der Waals surface area contributed by atoms with E-state index in [9.17, 15) is 4.79 Å². The lowest BCUT2D eigenvalue weighted by Crippen LogP contribution is -2.42. The second-order valence-corrected chi connectivity index (χ2v) is 6.95. The van der Waals surface area contributed by atoms with Crippen LogP contribution in [0.2, 0.25) is 0 Å². The molecule has 1 aliphatic rings. The molecule has 1 amide bonds. The first-order chi connectivity index (χ1) is 14.6. The highest BCUT2D eigenvalue weighted by Crippen LogP contribution is 2.28. The van der Waals surface area contributed by atoms with Gasteiger partial charge in [-0.05, 0) is 37.6 Å². The SMILES string of the molecule is CCOc1ccc(C(=O)N/N=C(/C)[C@H](c2ccccc2)N2CCOCC2)cc1OC. The van der Waals surface area contributed by atoms with Gasteiger partial charge in [0.15, 0.2) is 11.5 Å². The van der Waals surface area contributed by atoms with Crippen molar-refractivity contribution >= 4 is 11.6 Å². The van der Waals surface area contributed by atoms with Gasteiger partial charge in [-0.25, -0.2) is 5.43 Å². The van der Waals surface area contributed by atoms with Gasteiger partial charge in [0.2, 0.25) is 0 Å². The van der Waals surface area contributed by atoms with Crippen LogP contribution in [0.3, 0.4) is 0 Å². The molecule has 0 unspecified atom stereocenters. The number of methoxy groups -OCH3 is 1. The summed E-state index contributed by atoms with van der Waals surface area (Å²) in [4.78, 5) is 15.0. The predicted octanol–water partition coefficient (Wildman–Crippen LogP) is 3.27. The maximum absolute atomic E-state index is 12.7. The minimum atomic E-state index is -0.301. The number of hydrogen-bond acceptors (Lipinski definition) is 6. The summed E-state index contributed by atoms with van der Waals surface area (Å²) in [6.45, 7) is 7.37. The van der Waals surface area contributed by atoms with Crippen LogP contribution in [0, 0.1) is 0 Å². The lowest BCUT2D eigenvalue weighted by molar-refractivity contribution is 0.0285. The van der Waals surface area contributed by atoms with Crippen LogP contribution in [-0.2, 0) is 4.74 Å². The normalized spacial score (nSPS) is 16.0. The summed E-state index contributed by atoms with van der Waals surface area (Å²) < 4.78 is 16.3. The molecule has 2 aromatic rings. The van der Waals surface area contributed by atoms with Gasteiger partial charge in [-0.15, -0.1) is 0 Å². The largest absolute Gasteiger partial charge is 0.493 e. The van der Waals surface area contributed by atoms with Crippen LogP contribution in [0.4, 0.5) is 0 Å². The summed E-state index contributed by atoms with van der Waals surface area (Å²) in [6.07, 6.45) is 0. The van der Waals surface area contributed by atoms with Crippen LogP contribution in [0.5, 0.6) is 11.5 Å². The van der Waals surface area contributed by atoms with Crippen LogP contribution in [0.1, 0.15) is 35.8 Å². The molecule has 1 fully saturated rings. The Balaban J connectivity index is 1.77. The van der Waals surface area contributed by atoms with Gasteiger partial charge in [0, 0.05) is 18.7 Å². The smallest absolute Gasteiger partial charge is 0.271 e. The Labute approximate surface area is 177 Å². The van der Waals surface area contributed by atoms with E-state index in [2.05, 4.69) is 27.6 Å². The van der Waals surface area contributed by atoms with Crippen LogP contribution >= 0.6 is 0 Å². The molecule has 160 valence electrons. The second-order valence-electron chi connectivity index (χ2n) is 6.95. The molecule has 0 saturated carbocycles. The number of benzene rings is 2. The number of morpholine rings is 1. The maximum atomic E-state index is 12.7. The number of hydrogen-bond donors (Lipinski definition) is 1. The third kappa shape index (κ3) is 5.37. The van der Waals surface area contributed by atoms with Crippen LogP contribution in [0.15, 0.2) is 53.6 Å². The first-order valence-electron chi connectivity index (χ1n) is 10.2. The summed E-state index contributed by atoms with van der Waals surface area (Å²) >= 11 is 0. The Bertz CT molecular complexity index is 864. The summed E-state index contributed by atoms with van der Waals surface area (Å²) in [7, 11) is 1.55. The van der Waals surface area contributed by atoms with Crippen molar-refractivity contribution in [2.75, 3.05) is 40.0 Å². The summed E-state index contributed by atoms with van der Waals surface area (Å²) in [5.74, 6) is 0.817. The molecule has 1 saturated heterocycles.